The highest BCUT2D eigenvalue weighted by Crippen LogP contribution is 2.40. The van der Waals surface area contributed by atoms with E-state index in [0.29, 0.717) is 10.8 Å². The van der Waals surface area contributed by atoms with Crippen molar-refractivity contribution in [2.24, 2.45) is 0 Å². The van der Waals surface area contributed by atoms with Gasteiger partial charge >= 0.3 is 0 Å². The van der Waals surface area contributed by atoms with Gasteiger partial charge in [-0.05, 0) is 23.3 Å². The Balaban J connectivity index is 1.48. The van der Waals surface area contributed by atoms with Crippen molar-refractivity contribution in [3.05, 3.63) is 58.6 Å². The molecule has 2 aromatic carbocycles. The fourth-order valence-corrected chi connectivity index (χ4v) is 3.37. The van der Waals surface area contributed by atoms with Crippen LogP contribution in [-0.2, 0) is 11.3 Å². The van der Waals surface area contributed by atoms with E-state index in [1.165, 1.54) is 5.56 Å². The normalized spacial score (nSPS) is 20.7. The summed E-state index contributed by atoms with van der Waals surface area (Å²) in [6.07, 6.45) is 0.120. The Labute approximate surface area is 140 Å². The summed E-state index contributed by atoms with van der Waals surface area (Å²) in [5, 5.41) is 0.614. The van der Waals surface area contributed by atoms with E-state index in [4.69, 9.17) is 25.8 Å². The molecule has 2 heterocycles. The van der Waals surface area contributed by atoms with Crippen LogP contribution in [0, 0.1) is 0 Å². The van der Waals surface area contributed by atoms with Crippen LogP contribution in [0.1, 0.15) is 17.2 Å². The maximum atomic E-state index is 6.27. The Morgan fingerprint density at radius 1 is 1.13 bits per heavy atom. The summed E-state index contributed by atoms with van der Waals surface area (Å²) in [5.41, 5.74) is 2.36. The Hall–Kier alpha value is -1.75. The second kappa shape index (κ2) is 6.40. The number of ether oxygens (including phenoxy) is 3. The Bertz CT molecular complexity index is 692. The first-order valence-electron chi connectivity index (χ1n) is 7.76. The van der Waals surface area contributed by atoms with E-state index in [1.807, 2.05) is 18.2 Å². The topological polar surface area (TPSA) is 30.9 Å². The first-order chi connectivity index (χ1) is 11.3. The molecule has 0 unspecified atom stereocenters. The van der Waals surface area contributed by atoms with Crippen LogP contribution in [0.2, 0.25) is 5.02 Å². The fourth-order valence-electron chi connectivity index (χ4n) is 3.09. The molecule has 4 rings (SSSR count). The van der Waals surface area contributed by atoms with Gasteiger partial charge in [0.05, 0.1) is 17.7 Å². The first kappa shape index (κ1) is 14.8. The Kier molecular flexibility index (Phi) is 4.12. The van der Waals surface area contributed by atoms with Gasteiger partial charge in [-0.15, -0.1) is 0 Å². The molecule has 0 aliphatic carbocycles. The zero-order chi connectivity index (χ0) is 15.6. The lowest BCUT2D eigenvalue weighted by molar-refractivity contribution is -0.0329. The van der Waals surface area contributed by atoms with Gasteiger partial charge in [0.2, 0.25) is 6.79 Å². The molecule has 0 aromatic heterocycles. The van der Waals surface area contributed by atoms with Crippen molar-refractivity contribution >= 4 is 11.6 Å². The molecular weight excluding hydrogens is 314 g/mol. The van der Waals surface area contributed by atoms with Gasteiger partial charge in [-0.25, -0.2) is 0 Å². The highest BCUT2D eigenvalue weighted by Gasteiger charge is 2.23. The molecule has 120 valence electrons. The highest BCUT2D eigenvalue weighted by molar-refractivity contribution is 6.32. The van der Waals surface area contributed by atoms with Crippen molar-refractivity contribution in [1.29, 1.82) is 0 Å². The standard InChI is InChI=1S/C18H18ClNO3/c19-15-8-13(9-16-18(15)23-12-22-16)10-20-6-7-21-17(11-20)14-4-2-1-3-5-14/h1-5,8-9,17H,6-7,10-12H2/t17-/m0/s1. The molecular formula is C18H18ClNO3. The molecule has 1 atom stereocenters. The summed E-state index contributed by atoms with van der Waals surface area (Å²) in [6, 6.07) is 14.3. The van der Waals surface area contributed by atoms with Crippen molar-refractivity contribution in [2.75, 3.05) is 26.5 Å². The van der Waals surface area contributed by atoms with Crippen LogP contribution in [0.25, 0.3) is 0 Å². The molecule has 2 aliphatic rings. The van der Waals surface area contributed by atoms with Gasteiger partial charge in [-0.3, -0.25) is 4.90 Å². The molecule has 0 radical (unpaired) electrons. The van der Waals surface area contributed by atoms with Crippen molar-refractivity contribution in [3.8, 4) is 11.5 Å². The number of fused-ring (bicyclic) bond motifs is 1. The van der Waals surface area contributed by atoms with E-state index in [2.05, 4.69) is 29.2 Å². The van der Waals surface area contributed by atoms with Crippen LogP contribution in [0.3, 0.4) is 0 Å². The Morgan fingerprint density at radius 2 is 2.00 bits per heavy atom. The molecule has 4 nitrogen and oxygen atoms in total. The summed E-state index contributed by atoms with van der Waals surface area (Å²) in [4.78, 5) is 2.38. The van der Waals surface area contributed by atoms with Crippen LogP contribution in [0.15, 0.2) is 42.5 Å². The molecule has 0 saturated carbocycles. The Morgan fingerprint density at radius 3 is 2.87 bits per heavy atom. The van der Waals surface area contributed by atoms with Gasteiger partial charge in [0, 0.05) is 19.6 Å². The zero-order valence-corrected chi connectivity index (χ0v) is 13.5. The van der Waals surface area contributed by atoms with E-state index in [1.54, 1.807) is 0 Å². The third-order valence-corrected chi connectivity index (χ3v) is 4.50. The van der Waals surface area contributed by atoms with Crippen molar-refractivity contribution in [2.45, 2.75) is 12.6 Å². The molecule has 2 aliphatic heterocycles. The van der Waals surface area contributed by atoms with Crippen LogP contribution >= 0.6 is 11.6 Å². The zero-order valence-electron chi connectivity index (χ0n) is 12.7. The SMILES string of the molecule is Clc1cc(CN2CCO[C@H](c3ccccc3)C2)cc2c1OCO2. The minimum atomic E-state index is 0.120. The quantitative estimate of drug-likeness (QED) is 0.859. The second-order valence-corrected chi connectivity index (χ2v) is 6.22. The van der Waals surface area contributed by atoms with Crippen LogP contribution < -0.4 is 9.47 Å². The summed E-state index contributed by atoms with van der Waals surface area (Å²) < 4.78 is 16.7. The van der Waals surface area contributed by atoms with E-state index in [9.17, 15) is 0 Å². The lowest BCUT2D eigenvalue weighted by Crippen LogP contribution is -2.37. The van der Waals surface area contributed by atoms with Crippen molar-refractivity contribution < 1.29 is 14.2 Å². The molecule has 0 spiro atoms. The first-order valence-corrected chi connectivity index (χ1v) is 8.14. The maximum Gasteiger partial charge on any atom is 0.231 e. The lowest BCUT2D eigenvalue weighted by Gasteiger charge is -2.33. The van der Waals surface area contributed by atoms with Gasteiger partial charge in [0.1, 0.15) is 0 Å². The number of morpholine rings is 1. The van der Waals surface area contributed by atoms with Gasteiger partial charge in [0.25, 0.3) is 0 Å². The molecule has 1 fully saturated rings. The van der Waals surface area contributed by atoms with Gasteiger partial charge < -0.3 is 14.2 Å². The van der Waals surface area contributed by atoms with Crippen molar-refractivity contribution in [3.63, 3.8) is 0 Å². The summed E-state index contributed by atoms with van der Waals surface area (Å²) in [6.45, 7) is 3.58. The minimum Gasteiger partial charge on any atom is -0.454 e. The number of halogens is 1. The van der Waals surface area contributed by atoms with E-state index in [0.717, 1.165) is 37.6 Å². The highest BCUT2D eigenvalue weighted by atomic mass is 35.5. The van der Waals surface area contributed by atoms with Crippen molar-refractivity contribution in [1.82, 2.24) is 4.90 Å². The third-order valence-electron chi connectivity index (χ3n) is 4.22. The average molecular weight is 332 g/mol. The number of rotatable bonds is 3. The number of hydrogen-bond acceptors (Lipinski definition) is 4. The van der Waals surface area contributed by atoms with Gasteiger partial charge in [-0.1, -0.05) is 41.9 Å². The average Bonchev–Trinajstić information content (AvgIpc) is 3.05. The molecule has 5 heteroatoms. The van der Waals surface area contributed by atoms with Crippen LogP contribution in [0.5, 0.6) is 11.5 Å². The van der Waals surface area contributed by atoms with Crippen LogP contribution in [0.4, 0.5) is 0 Å². The molecule has 23 heavy (non-hydrogen) atoms. The summed E-state index contributed by atoms with van der Waals surface area (Å²) >= 11 is 6.27. The monoisotopic (exact) mass is 331 g/mol. The molecule has 0 amide bonds. The predicted octanol–water partition coefficient (Wildman–Crippen LogP) is 3.64. The minimum absolute atomic E-state index is 0.120. The molecule has 0 N–H and O–H groups in total. The van der Waals surface area contributed by atoms with E-state index in [-0.39, 0.29) is 12.9 Å². The van der Waals surface area contributed by atoms with E-state index < -0.39 is 0 Å². The maximum absolute atomic E-state index is 6.27. The fraction of sp³-hybridized carbons (Fsp3) is 0.333. The summed E-state index contributed by atoms with van der Waals surface area (Å²) in [5.74, 6) is 1.39. The van der Waals surface area contributed by atoms with Gasteiger partial charge in [0.15, 0.2) is 11.5 Å². The largest absolute Gasteiger partial charge is 0.454 e. The third kappa shape index (κ3) is 3.15. The van der Waals surface area contributed by atoms with E-state index >= 15 is 0 Å². The molecule has 1 saturated heterocycles. The smallest absolute Gasteiger partial charge is 0.231 e. The molecule has 0 bridgehead atoms. The number of nitrogens with zero attached hydrogens (tertiary/aromatic N) is 1. The van der Waals surface area contributed by atoms with Gasteiger partial charge in [-0.2, -0.15) is 0 Å². The number of hydrogen-bond donors (Lipinski definition) is 0. The predicted molar refractivity (Wildman–Crippen MR) is 88.0 cm³/mol. The summed E-state index contributed by atoms with van der Waals surface area (Å²) in [7, 11) is 0. The number of benzene rings is 2. The second-order valence-electron chi connectivity index (χ2n) is 5.82. The lowest BCUT2D eigenvalue weighted by atomic mass is 10.1. The van der Waals surface area contributed by atoms with Crippen LogP contribution in [-0.4, -0.2) is 31.4 Å². The molecule has 2 aromatic rings.